The second-order valence-electron chi connectivity index (χ2n) is 6.18. The van der Waals surface area contributed by atoms with E-state index in [-0.39, 0.29) is 11.5 Å². The molecule has 0 bridgehead atoms. The zero-order valence-corrected chi connectivity index (χ0v) is 13.7. The van der Waals surface area contributed by atoms with Gasteiger partial charge in [-0.3, -0.25) is 0 Å². The molecule has 0 spiro atoms. The minimum absolute atomic E-state index is 0.0927. The van der Waals surface area contributed by atoms with Crippen LogP contribution in [0.15, 0.2) is 18.2 Å². The molecule has 0 N–H and O–H groups in total. The molecule has 0 amide bonds. The van der Waals surface area contributed by atoms with Gasteiger partial charge in [0, 0.05) is 6.04 Å². The highest BCUT2D eigenvalue weighted by molar-refractivity contribution is 6.20. The van der Waals surface area contributed by atoms with E-state index in [0.717, 1.165) is 22.6 Å². The summed E-state index contributed by atoms with van der Waals surface area (Å²) in [5.74, 6) is 1.83. The third-order valence-electron chi connectivity index (χ3n) is 4.12. The second-order valence-corrected chi connectivity index (χ2v) is 6.84. The van der Waals surface area contributed by atoms with Gasteiger partial charge in [-0.25, -0.2) is 4.98 Å². The van der Waals surface area contributed by atoms with Crippen LogP contribution in [-0.2, 0) is 0 Å². The van der Waals surface area contributed by atoms with E-state index >= 15 is 0 Å². The highest BCUT2D eigenvalue weighted by Crippen LogP contribution is 2.38. The van der Waals surface area contributed by atoms with Gasteiger partial charge in [0.25, 0.3) is 0 Å². The Morgan fingerprint density at radius 2 is 1.95 bits per heavy atom. The molecule has 1 saturated carbocycles. The van der Waals surface area contributed by atoms with Gasteiger partial charge in [0.15, 0.2) is 0 Å². The van der Waals surface area contributed by atoms with Crippen LogP contribution in [-0.4, -0.2) is 15.7 Å². The average Bonchev–Trinajstić information content (AvgIpc) is 3.04. The molecule has 2 aromatic rings. The highest BCUT2D eigenvalue weighted by atomic mass is 35.5. The third-order valence-corrected chi connectivity index (χ3v) is 4.31. The molecule has 4 heteroatoms. The van der Waals surface area contributed by atoms with E-state index in [1.807, 2.05) is 26.8 Å². The van der Waals surface area contributed by atoms with Crippen molar-refractivity contribution in [3.63, 3.8) is 0 Å². The summed E-state index contributed by atoms with van der Waals surface area (Å²) in [5, 5.41) is -0.0927. The van der Waals surface area contributed by atoms with Crippen molar-refractivity contribution in [2.24, 2.45) is 0 Å². The molecule has 0 aliphatic heterocycles. The number of rotatable bonds is 4. The Morgan fingerprint density at radius 3 is 2.57 bits per heavy atom. The van der Waals surface area contributed by atoms with Gasteiger partial charge >= 0.3 is 0 Å². The molecule has 114 valence electrons. The number of fused-ring (bicyclic) bond motifs is 1. The first kappa shape index (κ1) is 14.7. The highest BCUT2D eigenvalue weighted by Gasteiger charge is 2.25. The molecule has 0 radical (unpaired) electrons. The molecule has 1 atom stereocenters. The van der Waals surface area contributed by atoms with E-state index in [0.29, 0.717) is 6.04 Å². The number of aromatic nitrogens is 2. The van der Waals surface area contributed by atoms with Crippen molar-refractivity contribution >= 4 is 22.6 Å². The van der Waals surface area contributed by atoms with Gasteiger partial charge in [-0.1, -0.05) is 18.9 Å². The molecule has 1 aromatic heterocycles. The average molecular weight is 307 g/mol. The molecule has 3 nitrogen and oxygen atoms in total. The number of nitrogens with zero attached hydrogens (tertiary/aromatic N) is 2. The summed E-state index contributed by atoms with van der Waals surface area (Å²) in [7, 11) is 0. The lowest BCUT2D eigenvalue weighted by atomic mass is 10.2. The summed E-state index contributed by atoms with van der Waals surface area (Å²) in [6.07, 6.45) is 5.17. The minimum atomic E-state index is -0.0927. The van der Waals surface area contributed by atoms with Crippen LogP contribution in [0, 0.1) is 0 Å². The minimum Gasteiger partial charge on any atom is -0.489 e. The van der Waals surface area contributed by atoms with Crippen molar-refractivity contribution < 1.29 is 4.74 Å². The summed E-state index contributed by atoms with van der Waals surface area (Å²) in [6, 6.07) is 6.71. The second kappa shape index (κ2) is 5.88. The van der Waals surface area contributed by atoms with Crippen molar-refractivity contribution in [1.29, 1.82) is 0 Å². The predicted molar refractivity (Wildman–Crippen MR) is 87.3 cm³/mol. The number of alkyl halides is 1. The Bertz CT molecular complexity index is 627. The molecular formula is C17H23ClN2O. The van der Waals surface area contributed by atoms with Crippen molar-refractivity contribution in [3.8, 4) is 5.75 Å². The molecule has 1 aromatic carbocycles. The van der Waals surface area contributed by atoms with Crippen LogP contribution < -0.4 is 4.74 Å². The number of para-hydroxylation sites is 1. The molecule has 1 aliphatic rings. The van der Waals surface area contributed by atoms with Gasteiger partial charge in [0.2, 0.25) is 0 Å². The zero-order chi connectivity index (χ0) is 15.0. The van der Waals surface area contributed by atoms with Crippen molar-refractivity contribution in [3.05, 3.63) is 24.0 Å². The van der Waals surface area contributed by atoms with E-state index in [1.165, 1.54) is 25.7 Å². The smallest absolute Gasteiger partial charge is 0.147 e. The van der Waals surface area contributed by atoms with Crippen LogP contribution in [0.25, 0.3) is 11.0 Å². The summed E-state index contributed by atoms with van der Waals surface area (Å²) >= 11 is 6.39. The van der Waals surface area contributed by atoms with E-state index < -0.39 is 0 Å². The van der Waals surface area contributed by atoms with Crippen LogP contribution in [0.3, 0.4) is 0 Å². The monoisotopic (exact) mass is 306 g/mol. The fraction of sp³-hybridized carbons (Fsp3) is 0.588. The predicted octanol–water partition coefficient (Wildman–Crippen LogP) is 5.24. The van der Waals surface area contributed by atoms with Crippen molar-refractivity contribution in [1.82, 2.24) is 9.55 Å². The molecule has 0 saturated heterocycles. The molecule has 21 heavy (non-hydrogen) atoms. The van der Waals surface area contributed by atoms with E-state index in [9.17, 15) is 0 Å². The van der Waals surface area contributed by atoms with Gasteiger partial charge in [-0.05, 0) is 45.7 Å². The van der Waals surface area contributed by atoms with Gasteiger partial charge in [-0.2, -0.15) is 0 Å². The number of imidazole rings is 1. The summed E-state index contributed by atoms with van der Waals surface area (Å²) < 4.78 is 8.27. The lowest BCUT2D eigenvalue weighted by Gasteiger charge is -2.17. The van der Waals surface area contributed by atoms with Gasteiger partial charge in [0.1, 0.15) is 17.1 Å². The summed E-state index contributed by atoms with van der Waals surface area (Å²) in [6.45, 7) is 6.08. The Hall–Kier alpha value is -1.22. The Morgan fingerprint density at radius 1 is 1.24 bits per heavy atom. The molecule has 1 fully saturated rings. The molecule has 1 heterocycles. The molecule has 1 unspecified atom stereocenters. The maximum Gasteiger partial charge on any atom is 0.147 e. The van der Waals surface area contributed by atoms with Crippen LogP contribution in [0.5, 0.6) is 5.75 Å². The van der Waals surface area contributed by atoms with E-state index in [2.05, 4.69) is 16.7 Å². The van der Waals surface area contributed by atoms with Gasteiger partial charge < -0.3 is 9.30 Å². The number of hydrogen-bond acceptors (Lipinski definition) is 2. The maximum atomic E-state index is 6.39. The quantitative estimate of drug-likeness (QED) is 0.722. The van der Waals surface area contributed by atoms with E-state index in [1.54, 1.807) is 0 Å². The first-order valence-electron chi connectivity index (χ1n) is 7.89. The lowest BCUT2D eigenvalue weighted by molar-refractivity contribution is 0.245. The maximum absolute atomic E-state index is 6.39. The summed E-state index contributed by atoms with van der Waals surface area (Å²) in [5.41, 5.74) is 2.10. The molecule has 3 rings (SSSR count). The van der Waals surface area contributed by atoms with Crippen LogP contribution in [0.2, 0.25) is 0 Å². The molecule has 1 aliphatic carbocycles. The van der Waals surface area contributed by atoms with Gasteiger partial charge in [0.05, 0.1) is 17.0 Å². The van der Waals surface area contributed by atoms with E-state index in [4.69, 9.17) is 21.3 Å². The van der Waals surface area contributed by atoms with Crippen LogP contribution >= 0.6 is 11.6 Å². The first-order valence-corrected chi connectivity index (χ1v) is 8.33. The molecular weight excluding hydrogens is 284 g/mol. The van der Waals surface area contributed by atoms with Gasteiger partial charge in [-0.15, -0.1) is 11.6 Å². The van der Waals surface area contributed by atoms with Crippen molar-refractivity contribution in [2.75, 3.05) is 0 Å². The topological polar surface area (TPSA) is 27.1 Å². The zero-order valence-electron chi connectivity index (χ0n) is 13.0. The Balaban J connectivity index is 2.17. The van der Waals surface area contributed by atoms with Crippen LogP contribution in [0.1, 0.15) is 63.7 Å². The van der Waals surface area contributed by atoms with Crippen molar-refractivity contribution in [2.45, 2.75) is 64.0 Å². The normalized spacial score (nSPS) is 17.8. The SMILES string of the molecule is CC(C)Oc1cccc2c1nc(C(C)Cl)n2C1CCCC1. The fourth-order valence-corrected chi connectivity index (χ4v) is 3.44. The standard InChI is InChI=1S/C17H23ClN2O/c1-11(2)21-15-10-6-9-14-16(15)19-17(12(3)18)20(14)13-7-4-5-8-13/h6,9-13H,4-5,7-8H2,1-3H3. The summed E-state index contributed by atoms with van der Waals surface area (Å²) in [4.78, 5) is 4.82. The fourth-order valence-electron chi connectivity index (χ4n) is 3.29. The lowest BCUT2D eigenvalue weighted by Crippen LogP contribution is -2.09. The third kappa shape index (κ3) is 2.76. The Kier molecular flexibility index (Phi) is 4.12. The van der Waals surface area contributed by atoms with Crippen LogP contribution in [0.4, 0.5) is 0 Å². The first-order chi connectivity index (χ1) is 10.1. The number of benzene rings is 1. The number of halogens is 1. The Labute approximate surface area is 131 Å². The number of ether oxygens (including phenoxy) is 1. The largest absolute Gasteiger partial charge is 0.489 e. The number of hydrogen-bond donors (Lipinski definition) is 0.